The Hall–Kier alpha value is -0.870. The third-order valence-electron chi connectivity index (χ3n) is 3.94. The van der Waals surface area contributed by atoms with E-state index in [4.69, 9.17) is 10.4 Å². The van der Waals surface area contributed by atoms with Gasteiger partial charge in [-0.2, -0.15) is 0 Å². The molecule has 0 heterocycles. The highest BCUT2D eigenvalue weighted by atomic mass is 17.1. The number of unbranched alkanes of at least 4 members (excludes halogenated alkanes) is 9. The first kappa shape index (κ1) is 21.1. The van der Waals surface area contributed by atoms with E-state index < -0.39 is 5.97 Å². The Morgan fingerprint density at radius 3 is 2.05 bits per heavy atom. The molecule has 0 bridgehead atoms. The molecule has 0 aromatic carbocycles. The summed E-state index contributed by atoms with van der Waals surface area (Å²) in [6, 6.07) is 0. The molecule has 2 N–H and O–H groups in total. The predicted molar refractivity (Wildman–Crippen MR) is 90.0 cm³/mol. The van der Waals surface area contributed by atoms with E-state index in [1.165, 1.54) is 31.8 Å². The Balaban J connectivity index is 3.37. The highest BCUT2D eigenvalue weighted by Crippen LogP contribution is 2.15. The fourth-order valence-corrected chi connectivity index (χ4v) is 2.57. The van der Waals surface area contributed by atoms with E-state index in [1.54, 1.807) is 6.08 Å². The largest absolute Gasteiger partial charge is 0.478 e. The topological polar surface area (TPSA) is 66.8 Å². The predicted octanol–water partition coefficient (Wildman–Crippen LogP) is 5.58. The van der Waals surface area contributed by atoms with Gasteiger partial charge in [0.1, 0.15) is 0 Å². The maximum atomic E-state index is 10.3. The van der Waals surface area contributed by atoms with Crippen LogP contribution in [-0.2, 0) is 9.68 Å². The second kappa shape index (κ2) is 16.5. The van der Waals surface area contributed by atoms with Crippen LogP contribution in [0.4, 0.5) is 0 Å². The summed E-state index contributed by atoms with van der Waals surface area (Å²) in [5.41, 5.74) is 0. The molecule has 4 heteroatoms. The van der Waals surface area contributed by atoms with Gasteiger partial charge in [0, 0.05) is 6.08 Å². The maximum absolute atomic E-state index is 10.3. The molecule has 0 radical (unpaired) electrons. The van der Waals surface area contributed by atoms with Crippen LogP contribution in [-0.4, -0.2) is 22.4 Å². The van der Waals surface area contributed by atoms with Gasteiger partial charge in [-0.25, -0.2) is 9.68 Å². The minimum absolute atomic E-state index is 0.000117. The van der Waals surface area contributed by atoms with Crippen molar-refractivity contribution < 1.29 is 20.0 Å². The summed E-state index contributed by atoms with van der Waals surface area (Å²) in [6.45, 7) is 2.21. The van der Waals surface area contributed by atoms with Crippen LogP contribution >= 0.6 is 0 Å². The van der Waals surface area contributed by atoms with Gasteiger partial charge in [-0.1, -0.05) is 70.8 Å². The van der Waals surface area contributed by atoms with Crippen molar-refractivity contribution in [3.05, 3.63) is 12.2 Å². The molecule has 0 aliphatic carbocycles. The van der Waals surface area contributed by atoms with Gasteiger partial charge in [0.2, 0.25) is 0 Å². The minimum atomic E-state index is -0.871. The van der Waals surface area contributed by atoms with Crippen molar-refractivity contribution in [1.82, 2.24) is 0 Å². The van der Waals surface area contributed by atoms with Gasteiger partial charge in [0.15, 0.2) is 0 Å². The van der Waals surface area contributed by atoms with Crippen LogP contribution in [0.3, 0.4) is 0 Å². The van der Waals surface area contributed by atoms with E-state index >= 15 is 0 Å². The van der Waals surface area contributed by atoms with Gasteiger partial charge in [0.25, 0.3) is 0 Å². The van der Waals surface area contributed by atoms with Crippen LogP contribution in [0, 0.1) is 0 Å². The van der Waals surface area contributed by atoms with Crippen LogP contribution in [0.2, 0.25) is 0 Å². The van der Waals surface area contributed by atoms with Crippen molar-refractivity contribution >= 4 is 5.97 Å². The molecular weight excluding hydrogens is 280 g/mol. The fraction of sp³-hybridized carbons (Fsp3) is 0.833. The molecule has 4 nitrogen and oxygen atoms in total. The smallest absolute Gasteiger partial charge is 0.327 e. The van der Waals surface area contributed by atoms with Gasteiger partial charge in [-0.05, 0) is 25.7 Å². The van der Waals surface area contributed by atoms with Gasteiger partial charge in [-0.15, -0.1) is 0 Å². The molecule has 0 spiro atoms. The number of aliphatic carboxylic acids is 1. The fourth-order valence-electron chi connectivity index (χ4n) is 2.57. The van der Waals surface area contributed by atoms with E-state index in [9.17, 15) is 4.79 Å². The number of hydrogen-bond acceptors (Lipinski definition) is 3. The molecule has 0 aromatic heterocycles. The number of carboxylic acid groups (broad SMARTS) is 1. The average Bonchev–Trinajstić information content (AvgIpc) is 2.50. The Kier molecular flexibility index (Phi) is 15.8. The Labute approximate surface area is 135 Å². The quantitative estimate of drug-likeness (QED) is 0.169. The zero-order chi connectivity index (χ0) is 16.5. The van der Waals surface area contributed by atoms with Crippen molar-refractivity contribution in [2.24, 2.45) is 0 Å². The molecule has 130 valence electrons. The lowest BCUT2D eigenvalue weighted by atomic mass is 10.0. The third kappa shape index (κ3) is 15.5. The number of hydrogen-bond donors (Lipinski definition) is 2. The summed E-state index contributed by atoms with van der Waals surface area (Å²) in [6.07, 6.45) is 17.4. The van der Waals surface area contributed by atoms with Crippen LogP contribution in [0.15, 0.2) is 12.2 Å². The lowest BCUT2D eigenvalue weighted by Gasteiger charge is -2.13. The summed E-state index contributed by atoms with van der Waals surface area (Å²) >= 11 is 0. The van der Waals surface area contributed by atoms with Gasteiger partial charge in [0.05, 0.1) is 6.10 Å². The number of carbonyl (C=O) groups is 1. The van der Waals surface area contributed by atoms with E-state index in [1.807, 2.05) is 0 Å². The second-order valence-corrected chi connectivity index (χ2v) is 6.02. The zero-order valence-corrected chi connectivity index (χ0v) is 14.1. The molecule has 0 aliphatic rings. The summed E-state index contributed by atoms with van der Waals surface area (Å²) < 4.78 is 0. The molecular formula is C18H34O4. The summed E-state index contributed by atoms with van der Waals surface area (Å²) in [5.74, 6) is -0.871. The maximum Gasteiger partial charge on any atom is 0.327 e. The highest BCUT2D eigenvalue weighted by molar-refractivity contribution is 5.79. The van der Waals surface area contributed by atoms with E-state index in [0.717, 1.165) is 57.8 Å². The lowest BCUT2D eigenvalue weighted by molar-refractivity contribution is -0.281. The van der Waals surface area contributed by atoms with E-state index in [0.29, 0.717) is 0 Å². The van der Waals surface area contributed by atoms with Crippen LogP contribution in [0.5, 0.6) is 0 Å². The second-order valence-electron chi connectivity index (χ2n) is 6.02. The van der Waals surface area contributed by atoms with Crippen molar-refractivity contribution in [2.45, 2.75) is 96.5 Å². The third-order valence-corrected chi connectivity index (χ3v) is 3.94. The molecule has 1 unspecified atom stereocenters. The van der Waals surface area contributed by atoms with Crippen molar-refractivity contribution in [3.63, 3.8) is 0 Å². The Morgan fingerprint density at radius 2 is 1.50 bits per heavy atom. The zero-order valence-electron chi connectivity index (χ0n) is 14.1. The van der Waals surface area contributed by atoms with Crippen LogP contribution in [0.25, 0.3) is 0 Å². The average molecular weight is 314 g/mol. The lowest BCUT2D eigenvalue weighted by Crippen LogP contribution is -2.10. The molecule has 0 amide bonds. The Morgan fingerprint density at radius 1 is 0.955 bits per heavy atom. The van der Waals surface area contributed by atoms with Crippen molar-refractivity contribution in [3.8, 4) is 0 Å². The van der Waals surface area contributed by atoms with Gasteiger partial charge < -0.3 is 5.11 Å². The summed E-state index contributed by atoms with van der Waals surface area (Å²) in [7, 11) is 0. The first-order valence-electron chi connectivity index (χ1n) is 8.90. The van der Waals surface area contributed by atoms with Crippen LogP contribution in [0.1, 0.15) is 90.4 Å². The molecule has 22 heavy (non-hydrogen) atoms. The van der Waals surface area contributed by atoms with Gasteiger partial charge in [-0.3, -0.25) is 5.26 Å². The number of allylic oxidation sites excluding steroid dienone is 1. The molecule has 0 aromatic rings. The van der Waals surface area contributed by atoms with E-state index in [2.05, 4.69) is 11.8 Å². The summed E-state index contributed by atoms with van der Waals surface area (Å²) in [4.78, 5) is 14.8. The summed E-state index contributed by atoms with van der Waals surface area (Å²) in [5, 5.41) is 17.4. The van der Waals surface area contributed by atoms with E-state index in [-0.39, 0.29) is 6.10 Å². The molecule has 1 atom stereocenters. The first-order chi connectivity index (χ1) is 10.7. The van der Waals surface area contributed by atoms with Crippen molar-refractivity contribution in [1.29, 1.82) is 0 Å². The highest BCUT2D eigenvalue weighted by Gasteiger charge is 2.08. The molecule has 0 fully saturated rings. The normalized spacial score (nSPS) is 12.8. The monoisotopic (exact) mass is 314 g/mol. The number of rotatable bonds is 16. The standard InChI is InChI=1S/C18H34O4/c1-2-3-4-8-11-14-17(22-21)15-12-9-6-5-7-10-13-16-18(19)20/h13,16-17,21H,2-12,14-15H2,1H3,(H,19,20)/b16-13+. The minimum Gasteiger partial charge on any atom is -0.478 e. The number of carboxylic acids is 1. The van der Waals surface area contributed by atoms with Crippen molar-refractivity contribution in [2.75, 3.05) is 0 Å². The molecule has 0 saturated heterocycles. The molecule has 0 rings (SSSR count). The van der Waals surface area contributed by atoms with Gasteiger partial charge >= 0.3 is 5.97 Å². The first-order valence-corrected chi connectivity index (χ1v) is 8.90. The SMILES string of the molecule is CCCCCCCC(CCCCCCC/C=C/C(=O)O)OO. The Bertz CT molecular complexity index is 276. The molecule has 0 aliphatic heterocycles. The molecule has 0 saturated carbocycles. The van der Waals surface area contributed by atoms with Crippen LogP contribution < -0.4 is 0 Å².